The van der Waals surface area contributed by atoms with Gasteiger partial charge in [-0.1, -0.05) is 91.0 Å². The minimum Gasteiger partial charge on any atom is -0.497 e. The summed E-state index contributed by atoms with van der Waals surface area (Å²) >= 11 is 0. The van der Waals surface area contributed by atoms with E-state index < -0.39 is 0 Å². The fourth-order valence-electron chi connectivity index (χ4n) is 4.31. The molecule has 0 saturated carbocycles. The molecule has 0 N–H and O–H groups in total. The molecule has 3 heteroatoms. The van der Waals surface area contributed by atoms with E-state index in [2.05, 4.69) is 96.0 Å². The first-order valence-electron chi connectivity index (χ1n) is 10.5. The molecule has 0 saturated heterocycles. The zero-order valence-corrected chi connectivity index (χ0v) is 17.4. The van der Waals surface area contributed by atoms with Crippen LogP contribution in [0.1, 0.15) is 28.7 Å². The van der Waals surface area contributed by atoms with Gasteiger partial charge in [0.15, 0.2) is 0 Å². The van der Waals surface area contributed by atoms with Gasteiger partial charge in [0.05, 0.1) is 30.5 Å². The lowest BCUT2D eigenvalue weighted by molar-refractivity contribution is 0.414. The first kappa shape index (κ1) is 19.1. The van der Waals surface area contributed by atoms with E-state index in [0.29, 0.717) is 0 Å². The quantitative estimate of drug-likeness (QED) is 0.382. The molecule has 1 aliphatic rings. The summed E-state index contributed by atoms with van der Waals surface area (Å²) in [5, 5.41) is 7.37. The highest BCUT2D eigenvalue weighted by Crippen LogP contribution is 2.46. The molecule has 0 spiro atoms. The monoisotopic (exact) mass is 404 g/mol. The maximum absolute atomic E-state index is 5.40. The Labute approximate surface area is 183 Å². The van der Waals surface area contributed by atoms with Gasteiger partial charge < -0.3 is 4.74 Å². The topological polar surface area (TPSA) is 24.8 Å². The van der Waals surface area contributed by atoms with Crippen molar-refractivity contribution in [3.63, 3.8) is 0 Å². The summed E-state index contributed by atoms with van der Waals surface area (Å²) in [7, 11) is 1.70. The van der Waals surface area contributed by atoms with E-state index in [9.17, 15) is 0 Å². The van der Waals surface area contributed by atoms with Crippen molar-refractivity contribution in [2.75, 3.05) is 12.1 Å². The van der Waals surface area contributed by atoms with Crippen LogP contribution in [0, 0.1) is 0 Å². The second kappa shape index (κ2) is 8.49. The van der Waals surface area contributed by atoms with E-state index >= 15 is 0 Å². The highest BCUT2D eigenvalue weighted by atomic mass is 16.5. The lowest BCUT2D eigenvalue weighted by atomic mass is 9.82. The SMILES string of the molecule is COc1ccc([C@H]2[C@H](c3ccccc3)C(c3ccccc3)=NN2c2ccccc2)cc1. The summed E-state index contributed by atoms with van der Waals surface area (Å²) in [5.74, 6) is 0.950. The summed E-state index contributed by atoms with van der Waals surface area (Å²) < 4.78 is 5.40. The van der Waals surface area contributed by atoms with E-state index in [-0.39, 0.29) is 12.0 Å². The Balaban J connectivity index is 1.70. The number of nitrogens with zero attached hydrogens (tertiary/aromatic N) is 2. The molecular formula is C28H24N2O. The van der Waals surface area contributed by atoms with Crippen LogP contribution >= 0.6 is 0 Å². The average Bonchev–Trinajstić information content (AvgIpc) is 3.26. The van der Waals surface area contributed by atoms with Crippen molar-refractivity contribution in [1.82, 2.24) is 0 Å². The van der Waals surface area contributed by atoms with Gasteiger partial charge in [-0.2, -0.15) is 5.10 Å². The first-order chi connectivity index (χ1) is 15.3. The van der Waals surface area contributed by atoms with Gasteiger partial charge >= 0.3 is 0 Å². The molecular weight excluding hydrogens is 380 g/mol. The van der Waals surface area contributed by atoms with Crippen molar-refractivity contribution in [1.29, 1.82) is 0 Å². The Morgan fingerprint density at radius 3 is 1.84 bits per heavy atom. The predicted octanol–water partition coefficient (Wildman–Crippen LogP) is 6.44. The molecule has 3 nitrogen and oxygen atoms in total. The van der Waals surface area contributed by atoms with Crippen molar-refractivity contribution in [2.45, 2.75) is 12.0 Å². The largest absolute Gasteiger partial charge is 0.497 e. The Hall–Kier alpha value is -3.85. The molecule has 2 atom stereocenters. The fraction of sp³-hybridized carbons (Fsp3) is 0.107. The number of rotatable bonds is 5. The van der Waals surface area contributed by atoms with Gasteiger partial charge in [0, 0.05) is 0 Å². The van der Waals surface area contributed by atoms with E-state index in [1.807, 2.05) is 24.3 Å². The third-order valence-electron chi connectivity index (χ3n) is 5.80. The second-order valence-corrected chi connectivity index (χ2v) is 7.64. The van der Waals surface area contributed by atoms with Crippen molar-refractivity contribution >= 4 is 11.4 Å². The summed E-state index contributed by atoms with van der Waals surface area (Å²) in [5.41, 5.74) is 5.76. The third-order valence-corrected chi connectivity index (χ3v) is 5.80. The molecule has 0 unspecified atom stereocenters. The number of para-hydroxylation sites is 1. The van der Waals surface area contributed by atoms with Crippen molar-refractivity contribution < 1.29 is 4.74 Å². The highest BCUT2D eigenvalue weighted by Gasteiger charge is 2.40. The number of benzene rings is 4. The predicted molar refractivity (Wildman–Crippen MR) is 127 cm³/mol. The van der Waals surface area contributed by atoms with Crippen LogP contribution in [-0.4, -0.2) is 12.8 Å². The van der Waals surface area contributed by atoms with E-state index in [0.717, 1.165) is 22.7 Å². The molecule has 1 heterocycles. The minimum absolute atomic E-state index is 0.0333. The molecule has 4 aromatic carbocycles. The molecule has 5 rings (SSSR count). The number of anilines is 1. The molecule has 1 aliphatic heterocycles. The van der Waals surface area contributed by atoms with Crippen LogP contribution < -0.4 is 9.75 Å². The third kappa shape index (κ3) is 3.71. The van der Waals surface area contributed by atoms with Crippen LogP contribution in [0.25, 0.3) is 0 Å². The van der Waals surface area contributed by atoms with E-state index in [1.165, 1.54) is 11.1 Å². The second-order valence-electron chi connectivity index (χ2n) is 7.64. The molecule has 0 radical (unpaired) electrons. The number of hydrogen-bond donors (Lipinski definition) is 0. The molecule has 4 aromatic rings. The van der Waals surface area contributed by atoms with Crippen LogP contribution in [0.3, 0.4) is 0 Å². The average molecular weight is 405 g/mol. The molecule has 0 fully saturated rings. The van der Waals surface area contributed by atoms with Gasteiger partial charge in [0.1, 0.15) is 5.75 Å². The molecule has 0 aromatic heterocycles. The Bertz CT molecular complexity index is 1160. The maximum Gasteiger partial charge on any atom is 0.118 e. The van der Waals surface area contributed by atoms with Crippen LogP contribution in [0.15, 0.2) is 120 Å². The first-order valence-corrected chi connectivity index (χ1v) is 10.5. The van der Waals surface area contributed by atoms with Gasteiger partial charge in [0.2, 0.25) is 0 Å². The van der Waals surface area contributed by atoms with Gasteiger partial charge in [-0.3, -0.25) is 5.01 Å². The highest BCUT2D eigenvalue weighted by molar-refractivity contribution is 6.08. The Kier molecular flexibility index (Phi) is 5.24. The summed E-state index contributed by atoms with van der Waals surface area (Å²) in [6.07, 6.45) is 0. The smallest absolute Gasteiger partial charge is 0.118 e. The van der Waals surface area contributed by atoms with Crippen molar-refractivity contribution in [3.05, 3.63) is 132 Å². The molecule has 152 valence electrons. The van der Waals surface area contributed by atoms with Gasteiger partial charge in [0.25, 0.3) is 0 Å². The number of hydrazone groups is 1. The Morgan fingerprint density at radius 1 is 0.645 bits per heavy atom. The lowest BCUT2D eigenvalue weighted by Crippen LogP contribution is -2.24. The van der Waals surface area contributed by atoms with E-state index in [1.54, 1.807) is 7.11 Å². The Morgan fingerprint density at radius 2 is 1.23 bits per heavy atom. The van der Waals surface area contributed by atoms with Gasteiger partial charge in [-0.25, -0.2) is 0 Å². The maximum atomic E-state index is 5.40. The number of ether oxygens (including phenoxy) is 1. The summed E-state index contributed by atoms with van der Waals surface area (Å²) in [4.78, 5) is 0. The van der Waals surface area contributed by atoms with Gasteiger partial charge in [-0.05, 0) is 41.0 Å². The van der Waals surface area contributed by atoms with E-state index in [4.69, 9.17) is 9.84 Å². The summed E-state index contributed by atoms with van der Waals surface area (Å²) in [6.45, 7) is 0. The van der Waals surface area contributed by atoms with Crippen molar-refractivity contribution in [3.8, 4) is 5.75 Å². The van der Waals surface area contributed by atoms with Crippen LogP contribution in [-0.2, 0) is 0 Å². The normalized spacial score (nSPS) is 18.0. The fourth-order valence-corrected chi connectivity index (χ4v) is 4.31. The number of hydrogen-bond acceptors (Lipinski definition) is 3. The molecule has 0 bridgehead atoms. The van der Waals surface area contributed by atoms with Crippen molar-refractivity contribution in [2.24, 2.45) is 5.10 Å². The minimum atomic E-state index is 0.0333. The number of methoxy groups -OCH3 is 1. The molecule has 0 aliphatic carbocycles. The molecule has 31 heavy (non-hydrogen) atoms. The zero-order valence-electron chi connectivity index (χ0n) is 17.4. The van der Waals surface area contributed by atoms with Crippen LogP contribution in [0.5, 0.6) is 5.75 Å². The molecule has 0 amide bonds. The van der Waals surface area contributed by atoms with Crippen LogP contribution in [0.2, 0.25) is 0 Å². The lowest BCUT2D eigenvalue weighted by Gasteiger charge is -2.29. The van der Waals surface area contributed by atoms with Gasteiger partial charge in [-0.15, -0.1) is 0 Å². The standard InChI is InChI=1S/C28H24N2O/c1-31-25-19-17-23(18-20-25)28-26(21-11-5-2-6-12-21)27(22-13-7-3-8-14-22)29-30(28)24-15-9-4-10-16-24/h2-20,26,28H,1H3/t26-,28+/m1/s1. The van der Waals surface area contributed by atoms with Crippen LogP contribution in [0.4, 0.5) is 5.69 Å². The summed E-state index contributed by atoms with van der Waals surface area (Å²) in [6, 6.07) is 40.0. The zero-order chi connectivity index (χ0) is 21.0.